The van der Waals surface area contributed by atoms with E-state index in [0.717, 1.165) is 170 Å². The van der Waals surface area contributed by atoms with E-state index in [1.54, 1.807) is 12.1 Å². The van der Waals surface area contributed by atoms with Crippen molar-refractivity contribution in [1.29, 1.82) is 10.5 Å². The quantitative estimate of drug-likeness (QED) is 0.156. The molecule has 14 aromatic carbocycles. The number of halogens is 1. The van der Waals surface area contributed by atoms with Gasteiger partial charge in [0.1, 0.15) is 50.4 Å². The molecule has 20 rings (SSSR count). The van der Waals surface area contributed by atoms with Gasteiger partial charge in [-0.25, -0.2) is 0 Å². The van der Waals surface area contributed by atoms with E-state index in [0.29, 0.717) is 24.6 Å². The van der Waals surface area contributed by atoms with Crippen molar-refractivity contribution in [2.75, 3.05) is 0 Å². The van der Waals surface area contributed by atoms with E-state index in [2.05, 4.69) is 213 Å². The van der Waals surface area contributed by atoms with Crippen molar-refractivity contribution in [2.24, 2.45) is 0 Å². The Bertz CT molecular complexity index is 6620. The lowest BCUT2D eigenvalue weighted by atomic mass is 9.98. The van der Waals surface area contributed by atoms with Crippen LogP contribution in [0.4, 0.5) is 0 Å². The normalized spacial score (nSPS) is 11.4. The van der Waals surface area contributed by atoms with Crippen LogP contribution in [0.2, 0.25) is 0 Å². The summed E-state index contributed by atoms with van der Waals surface area (Å²) in [5, 5.41) is 41.8. The summed E-state index contributed by atoms with van der Waals surface area (Å²) in [6, 6.07) is 103. The number of hydrogen-bond acceptors (Lipinski definition) is 8. The molecule has 20 aromatic rings. The number of aromatic nitrogens is 2. The van der Waals surface area contributed by atoms with Crippen molar-refractivity contribution in [1.82, 2.24) is 9.13 Å². The van der Waals surface area contributed by atoms with Gasteiger partial charge in [-0.2, -0.15) is 10.5 Å². The van der Waals surface area contributed by atoms with Gasteiger partial charge in [-0.05, 0) is 94.3 Å². The standard InChI is InChI=1S/C43H24N2O2.C24H13BrO2.C19H12BN2O2.CH4/c44-25-26-22-27(24-28(23-26)45-38-19-4-1-10-30(38)31-11-2-5-20-39(31)45)29-13-7-15-34-36-17-9-18-37(43(36)47-41(29)34)35-16-8-14-33-32-12-3-6-21-40(32)46-42(33)35;25-20-12-5-11-19-18-10-4-9-17(23(18)27-24(19)20)16-8-3-7-15-14-6-1-2-13-21(14)26-22(15)16;21-12-13-9-14(11-15(10-13)24-20-23)22-18-7-3-1-5-16(18)17-6-2-4-8-19(17)22;/h1-24H;1-13H;1-11,23H;1H4. The zero-order valence-corrected chi connectivity index (χ0v) is 53.5. The van der Waals surface area contributed by atoms with Crippen LogP contribution < -0.4 is 4.65 Å². The smallest absolute Gasteiger partial charge is 0.537 e. The van der Waals surface area contributed by atoms with E-state index in [1.807, 2.05) is 103 Å². The van der Waals surface area contributed by atoms with E-state index < -0.39 is 0 Å². The Hall–Kier alpha value is -12.8. The Labute approximate surface area is 575 Å². The Kier molecular flexibility index (Phi) is 14.8. The molecule has 0 unspecified atom stereocenters. The van der Waals surface area contributed by atoms with Gasteiger partial charge in [0, 0.05) is 104 Å². The van der Waals surface area contributed by atoms with Gasteiger partial charge in [0.15, 0.2) is 0 Å². The molecule has 467 valence electrons. The summed E-state index contributed by atoms with van der Waals surface area (Å²) in [6.07, 6.45) is 0. The second-order valence-electron chi connectivity index (χ2n) is 24.1. The molecule has 0 aliphatic carbocycles. The lowest BCUT2D eigenvalue weighted by Crippen LogP contribution is -2.02. The topological polar surface area (TPSA) is 139 Å². The molecule has 0 saturated heterocycles. The molecule has 6 heterocycles. The Morgan fingerprint density at radius 1 is 0.323 bits per heavy atom. The first-order chi connectivity index (χ1) is 48.4. The van der Waals surface area contributed by atoms with Gasteiger partial charge in [0.25, 0.3) is 0 Å². The first-order valence-corrected chi connectivity index (χ1v) is 32.7. The van der Waals surface area contributed by atoms with Gasteiger partial charge < -0.3 is 36.5 Å². The van der Waals surface area contributed by atoms with Crippen molar-refractivity contribution < 1.29 is 27.3 Å². The van der Waals surface area contributed by atoms with Crippen LogP contribution in [0.15, 0.2) is 313 Å². The molecule has 0 saturated carbocycles. The number of fused-ring (bicyclic) bond motifs is 18. The molecule has 0 atom stereocenters. The zero-order valence-electron chi connectivity index (χ0n) is 51.9. The van der Waals surface area contributed by atoms with Crippen LogP contribution >= 0.6 is 15.9 Å². The predicted octanol–water partition coefficient (Wildman–Crippen LogP) is 23.9. The second kappa shape index (κ2) is 24.4. The largest absolute Gasteiger partial charge is 0.569 e. The third-order valence-corrected chi connectivity index (χ3v) is 19.3. The third-order valence-electron chi connectivity index (χ3n) is 18.6. The minimum atomic E-state index is 0. The Balaban J connectivity index is 0.000000120. The summed E-state index contributed by atoms with van der Waals surface area (Å²) >= 11 is 3.61. The van der Waals surface area contributed by atoms with E-state index >= 15 is 0 Å². The molecule has 0 aliphatic heterocycles. The summed E-state index contributed by atoms with van der Waals surface area (Å²) in [7, 11) is 0.617. The summed E-state index contributed by atoms with van der Waals surface area (Å²) < 4.78 is 36.2. The molecule has 0 aliphatic rings. The molecule has 0 spiro atoms. The molecule has 0 amide bonds. The summed E-state index contributed by atoms with van der Waals surface area (Å²) in [6.45, 7) is 0. The second-order valence-corrected chi connectivity index (χ2v) is 25.0. The van der Waals surface area contributed by atoms with E-state index in [1.165, 1.54) is 10.8 Å². The summed E-state index contributed by atoms with van der Waals surface area (Å²) in [5.74, 6) is 0.411. The van der Waals surface area contributed by atoms with Crippen molar-refractivity contribution >= 4 is 155 Å². The van der Waals surface area contributed by atoms with Crippen molar-refractivity contribution in [2.45, 2.75) is 7.43 Å². The molecule has 1 N–H and O–H groups in total. The molecule has 6 aromatic heterocycles. The monoisotopic (exact) mass is 1340 g/mol. The fraction of sp³-hybridized carbons (Fsp3) is 0.0115. The highest BCUT2D eigenvalue weighted by Gasteiger charge is 2.23. The molecule has 1 radical (unpaired) electrons. The maximum absolute atomic E-state index is 10.2. The van der Waals surface area contributed by atoms with Crippen molar-refractivity contribution in [3.05, 3.63) is 307 Å². The molecule has 99 heavy (non-hydrogen) atoms. The van der Waals surface area contributed by atoms with E-state index in [9.17, 15) is 10.5 Å². The van der Waals surface area contributed by atoms with Crippen LogP contribution in [0.1, 0.15) is 18.6 Å². The van der Waals surface area contributed by atoms with Gasteiger partial charge in [0.05, 0.1) is 55.5 Å². The number of furan rings is 4. The highest BCUT2D eigenvalue weighted by molar-refractivity contribution is 9.10. The number of benzene rings is 14. The maximum atomic E-state index is 10.2. The Morgan fingerprint density at radius 3 is 1.08 bits per heavy atom. The summed E-state index contributed by atoms with van der Waals surface area (Å²) in [4.78, 5) is 0. The molecule has 12 heteroatoms. The van der Waals surface area contributed by atoms with Crippen LogP contribution in [0, 0.1) is 22.7 Å². The molecular weight excluding hydrogens is 1290 g/mol. The lowest BCUT2D eigenvalue weighted by molar-refractivity contribution is 0.453. The van der Waals surface area contributed by atoms with Gasteiger partial charge in [0.2, 0.25) is 0 Å². The third kappa shape index (κ3) is 9.88. The minimum Gasteiger partial charge on any atom is -0.537 e. The molecule has 0 bridgehead atoms. The van der Waals surface area contributed by atoms with Crippen LogP contribution in [0.25, 0.3) is 176 Å². The highest BCUT2D eigenvalue weighted by Crippen LogP contribution is 2.46. The summed E-state index contributed by atoms with van der Waals surface area (Å²) in [5.41, 5.74) is 19.9. The van der Waals surface area contributed by atoms with Crippen LogP contribution in [0.3, 0.4) is 0 Å². The van der Waals surface area contributed by atoms with Gasteiger partial charge in [-0.1, -0.05) is 220 Å². The van der Waals surface area contributed by atoms with Crippen molar-refractivity contribution in [3.8, 4) is 62.6 Å². The average molecular weight is 1340 g/mol. The predicted molar refractivity (Wildman–Crippen MR) is 406 cm³/mol. The molecule has 0 fully saturated rings. The number of rotatable bonds is 7. The Morgan fingerprint density at radius 2 is 0.646 bits per heavy atom. The number of nitrogens with zero attached hydrogens (tertiary/aromatic N) is 4. The SMILES string of the molecule is Brc1cccc2c1oc1c(-c3cccc4c3oc3ccccc34)cccc12.C.N#Cc1cc(-c2cccc3c2oc2c(-c4cccc5c4oc4ccccc45)cccc23)cc(-n2c3ccccc3c3ccccc32)c1.N#Cc1cc(O[B]O)cc(-n2c3ccccc3c3ccccc32)c1. The molecule has 10 nitrogen and oxygen atoms in total. The number of para-hydroxylation sites is 12. The van der Waals surface area contributed by atoms with Gasteiger partial charge in [-0.15, -0.1) is 0 Å². The minimum absolute atomic E-state index is 0. The van der Waals surface area contributed by atoms with Gasteiger partial charge in [-0.3, -0.25) is 0 Å². The average Bonchev–Trinajstić information content (AvgIpc) is 1.61. The first-order valence-electron chi connectivity index (χ1n) is 32.0. The highest BCUT2D eigenvalue weighted by atomic mass is 79.9. The van der Waals surface area contributed by atoms with E-state index in [-0.39, 0.29) is 7.43 Å². The van der Waals surface area contributed by atoms with E-state index in [4.69, 9.17) is 27.3 Å². The van der Waals surface area contributed by atoms with Crippen LogP contribution in [-0.2, 0) is 0 Å². The van der Waals surface area contributed by atoms with Crippen molar-refractivity contribution in [3.63, 3.8) is 0 Å². The van der Waals surface area contributed by atoms with Crippen LogP contribution in [-0.4, -0.2) is 21.8 Å². The maximum Gasteiger partial charge on any atom is 0.569 e. The zero-order chi connectivity index (χ0) is 65.5. The fourth-order valence-corrected chi connectivity index (χ4v) is 14.9. The first kappa shape index (κ1) is 59.9. The lowest BCUT2D eigenvalue weighted by Gasteiger charge is -2.11. The molecular formula is C87H53BBrN4O6. The fourth-order valence-electron chi connectivity index (χ4n) is 14.4. The number of nitriles is 2. The van der Waals surface area contributed by atoms with Gasteiger partial charge >= 0.3 is 7.69 Å². The number of hydrogen-bond donors (Lipinski definition) is 1. The van der Waals surface area contributed by atoms with Crippen LogP contribution in [0.5, 0.6) is 5.75 Å².